The fourth-order valence-electron chi connectivity index (χ4n) is 0.512. The van der Waals surface area contributed by atoms with Gasteiger partial charge in [0.05, 0.1) is 5.60 Å². The third-order valence-electron chi connectivity index (χ3n) is 1.12. The Labute approximate surface area is 64.6 Å². The maximum absolute atomic E-state index is 9.34. The summed E-state index contributed by atoms with van der Waals surface area (Å²) < 4.78 is 0. The van der Waals surface area contributed by atoms with Crippen molar-refractivity contribution in [1.29, 1.82) is 0 Å². The zero-order chi connectivity index (χ0) is 7.33. The number of rotatable bonds is 3. The first-order valence-corrected chi connectivity index (χ1v) is 3.96. The predicted molar refractivity (Wildman–Crippen MR) is 42.5 cm³/mol. The van der Waals surface area contributed by atoms with Gasteiger partial charge in [-0.25, -0.2) is 0 Å². The van der Waals surface area contributed by atoms with Crippen LogP contribution < -0.4 is 0 Å². The summed E-state index contributed by atoms with van der Waals surface area (Å²) in [5, 5.41) is 10.1. The maximum Gasteiger partial charge on any atom is 0.0736 e. The van der Waals surface area contributed by atoms with Crippen molar-refractivity contribution in [1.82, 2.24) is 0 Å². The fourth-order valence-corrected chi connectivity index (χ4v) is 1.37. The van der Waals surface area contributed by atoms with Crippen LogP contribution in [0.25, 0.3) is 0 Å². The Balaban J connectivity index is 3.59. The van der Waals surface area contributed by atoms with Crippen molar-refractivity contribution < 1.29 is 5.11 Å². The smallest absolute Gasteiger partial charge is 0.0736 e. The first-order valence-electron chi connectivity index (χ1n) is 2.84. The van der Waals surface area contributed by atoms with E-state index in [1.54, 1.807) is 6.92 Å². The topological polar surface area (TPSA) is 20.2 Å². The van der Waals surface area contributed by atoms with Crippen LogP contribution in [0.15, 0.2) is 0 Å². The summed E-state index contributed by atoms with van der Waals surface area (Å²) in [6, 6.07) is 0. The van der Waals surface area contributed by atoms with Crippen molar-refractivity contribution in [2.24, 2.45) is 0 Å². The van der Waals surface area contributed by atoms with Gasteiger partial charge in [-0.15, -0.1) is 12.3 Å². The van der Waals surface area contributed by atoms with Crippen LogP contribution in [0.2, 0.25) is 0 Å². The summed E-state index contributed by atoms with van der Waals surface area (Å²) in [7, 11) is 0. The monoisotopic (exact) mass is 190 g/mol. The van der Waals surface area contributed by atoms with E-state index >= 15 is 0 Å². The molecule has 0 saturated carbocycles. The van der Waals surface area contributed by atoms with E-state index < -0.39 is 5.60 Å². The first-order chi connectivity index (χ1) is 4.12. The molecule has 0 aromatic rings. The Kier molecular flexibility index (Phi) is 3.92. The van der Waals surface area contributed by atoms with Crippen molar-refractivity contribution in [3.63, 3.8) is 0 Å². The molecule has 1 nitrogen and oxygen atoms in total. The van der Waals surface area contributed by atoms with E-state index in [0.717, 1.165) is 5.33 Å². The molecule has 0 aromatic carbocycles. The predicted octanol–water partition coefficient (Wildman–Crippen LogP) is 1.55. The third kappa shape index (κ3) is 4.50. The molecule has 0 fully saturated rings. The number of aliphatic hydroxyl groups is 1. The summed E-state index contributed by atoms with van der Waals surface area (Å²) in [5.41, 5.74) is -0.682. The molecule has 2 heteroatoms. The van der Waals surface area contributed by atoms with Crippen molar-refractivity contribution >= 4 is 15.9 Å². The summed E-state index contributed by atoms with van der Waals surface area (Å²) in [6.07, 6.45) is 6.15. The van der Waals surface area contributed by atoms with Gasteiger partial charge in [0.25, 0.3) is 0 Å². The van der Waals surface area contributed by atoms with E-state index in [9.17, 15) is 5.11 Å². The summed E-state index contributed by atoms with van der Waals surface area (Å²) in [5.74, 6) is 2.42. The molecule has 1 N–H and O–H groups in total. The van der Waals surface area contributed by atoms with Gasteiger partial charge in [-0.05, 0) is 13.3 Å². The lowest BCUT2D eigenvalue weighted by molar-refractivity contribution is 0.0631. The van der Waals surface area contributed by atoms with Crippen LogP contribution >= 0.6 is 15.9 Å². The van der Waals surface area contributed by atoms with Crippen LogP contribution in [0, 0.1) is 12.3 Å². The van der Waals surface area contributed by atoms with Gasteiger partial charge >= 0.3 is 0 Å². The van der Waals surface area contributed by atoms with Gasteiger partial charge in [0.15, 0.2) is 0 Å². The zero-order valence-electron chi connectivity index (χ0n) is 5.52. The molecule has 0 aliphatic heterocycles. The second-order valence-electron chi connectivity index (χ2n) is 2.32. The molecule has 0 radical (unpaired) electrons. The molecule has 0 bridgehead atoms. The van der Waals surface area contributed by atoms with E-state index in [4.69, 9.17) is 6.42 Å². The van der Waals surface area contributed by atoms with Crippen molar-refractivity contribution in [3.05, 3.63) is 0 Å². The van der Waals surface area contributed by atoms with E-state index in [0.29, 0.717) is 12.8 Å². The van der Waals surface area contributed by atoms with Crippen molar-refractivity contribution in [2.75, 3.05) is 5.33 Å². The molecule has 0 amide bonds. The number of halogens is 1. The molecule has 1 unspecified atom stereocenters. The van der Waals surface area contributed by atoms with Crippen molar-refractivity contribution in [2.45, 2.75) is 25.4 Å². The molecule has 0 spiro atoms. The lowest BCUT2D eigenvalue weighted by atomic mass is 10.0. The Morgan fingerprint density at radius 2 is 2.33 bits per heavy atom. The second kappa shape index (κ2) is 3.92. The SMILES string of the molecule is C#CCC(C)(O)CCBr. The van der Waals surface area contributed by atoms with Crippen LogP contribution in [-0.4, -0.2) is 16.0 Å². The Hall–Kier alpha value is 0. The number of hydrogen-bond acceptors (Lipinski definition) is 1. The Morgan fingerprint density at radius 3 is 2.67 bits per heavy atom. The minimum Gasteiger partial charge on any atom is -0.389 e. The number of terminal acetylenes is 1. The number of alkyl halides is 1. The Morgan fingerprint density at radius 1 is 1.78 bits per heavy atom. The second-order valence-corrected chi connectivity index (χ2v) is 3.11. The van der Waals surface area contributed by atoms with E-state index in [-0.39, 0.29) is 0 Å². The molecule has 0 aromatic heterocycles. The van der Waals surface area contributed by atoms with Gasteiger partial charge in [0, 0.05) is 11.8 Å². The molecule has 0 rings (SSSR count). The minimum atomic E-state index is -0.682. The molecule has 0 saturated heterocycles. The normalized spacial score (nSPS) is 16.2. The lowest BCUT2D eigenvalue weighted by Gasteiger charge is -2.18. The lowest BCUT2D eigenvalue weighted by Crippen LogP contribution is -2.23. The quantitative estimate of drug-likeness (QED) is 0.530. The van der Waals surface area contributed by atoms with Gasteiger partial charge in [0.1, 0.15) is 0 Å². The number of hydrogen-bond donors (Lipinski definition) is 1. The van der Waals surface area contributed by atoms with Crippen LogP contribution in [0.4, 0.5) is 0 Å². The van der Waals surface area contributed by atoms with Gasteiger partial charge in [-0.1, -0.05) is 15.9 Å². The highest BCUT2D eigenvalue weighted by Gasteiger charge is 2.16. The van der Waals surface area contributed by atoms with E-state index in [2.05, 4.69) is 21.9 Å². The van der Waals surface area contributed by atoms with Gasteiger partial charge in [0.2, 0.25) is 0 Å². The molecule has 1 atom stereocenters. The zero-order valence-corrected chi connectivity index (χ0v) is 7.11. The molecule has 52 valence electrons. The van der Waals surface area contributed by atoms with Crippen LogP contribution in [0.1, 0.15) is 19.8 Å². The molecule has 0 aliphatic carbocycles. The van der Waals surface area contributed by atoms with Gasteiger partial charge < -0.3 is 5.11 Å². The van der Waals surface area contributed by atoms with E-state index in [1.807, 2.05) is 0 Å². The Bertz CT molecular complexity index is 113. The summed E-state index contributed by atoms with van der Waals surface area (Å²) in [4.78, 5) is 0. The summed E-state index contributed by atoms with van der Waals surface area (Å²) >= 11 is 3.23. The average Bonchev–Trinajstić information content (AvgIpc) is 1.64. The first kappa shape index (κ1) is 9.00. The molecule has 9 heavy (non-hydrogen) atoms. The third-order valence-corrected chi connectivity index (χ3v) is 1.51. The highest BCUT2D eigenvalue weighted by Crippen LogP contribution is 2.14. The standard InChI is InChI=1S/C7H11BrO/c1-3-4-7(2,9)5-6-8/h1,9H,4-6H2,2H3. The fraction of sp³-hybridized carbons (Fsp3) is 0.714. The summed E-state index contributed by atoms with van der Waals surface area (Å²) in [6.45, 7) is 1.74. The van der Waals surface area contributed by atoms with E-state index in [1.165, 1.54) is 0 Å². The minimum absolute atomic E-state index is 0.429. The maximum atomic E-state index is 9.34. The van der Waals surface area contributed by atoms with Gasteiger partial charge in [-0.3, -0.25) is 0 Å². The largest absolute Gasteiger partial charge is 0.389 e. The molecular weight excluding hydrogens is 180 g/mol. The highest BCUT2D eigenvalue weighted by molar-refractivity contribution is 9.09. The van der Waals surface area contributed by atoms with Gasteiger partial charge in [-0.2, -0.15) is 0 Å². The van der Waals surface area contributed by atoms with Crippen LogP contribution in [-0.2, 0) is 0 Å². The van der Waals surface area contributed by atoms with Crippen LogP contribution in [0.5, 0.6) is 0 Å². The highest BCUT2D eigenvalue weighted by atomic mass is 79.9. The molecule has 0 aliphatic rings. The average molecular weight is 191 g/mol. The van der Waals surface area contributed by atoms with Crippen LogP contribution in [0.3, 0.4) is 0 Å². The van der Waals surface area contributed by atoms with Crippen molar-refractivity contribution in [3.8, 4) is 12.3 Å². The molecule has 0 heterocycles. The molecular formula is C7H11BrO.